The second kappa shape index (κ2) is 48.1. The smallest absolute Gasteiger partial charge is 0.306 e. The fourth-order valence-corrected chi connectivity index (χ4v) is 7.13. The van der Waals surface area contributed by atoms with Gasteiger partial charge in [0.1, 0.15) is 6.10 Å². The van der Waals surface area contributed by atoms with Gasteiger partial charge in [-0.1, -0.05) is 215 Å². The van der Waals surface area contributed by atoms with Crippen molar-refractivity contribution in [1.82, 2.24) is 5.32 Å². The van der Waals surface area contributed by atoms with Gasteiger partial charge < -0.3 is 20.3 Å². The Bertz CT molecular complexity index is 1180. The van der Waals surface area contributed by atoms with Crippen LogP contribution >= 0.6 is 0 Å². The van der Waals surface area contributed by atoms with Gasteiger partial charge in [-0.2, -0.15) is 0 Å². The molecule has 0 saturated heterocycles. The van der Waals surface area contributed by atoms with Crippen molar-refractivity contribution >= 4 is 11.9 Å². The molecule has 61 heavy (non-hydrogen) atoms. The highest BCUT2D eigenvalue weighted by Crippen LogP contribution is 2.15. The van der Waals surface area contributed by atoms with Gasteiger partial charge >= 0.3 is 5.97 Å². The predicted octanol–water partition coefficient (Wildman–Crippen LogP) is 15.2. The Hall–Kier alpha value is -2.96. The van der Waals surface area contributed by atoms with Crippen molar-refractivity contribution in [2.45, 2.75) is 244 Å². The largest absolute Gasteiger partial charge is 0.458 e. The molecule has 0 aromatic rings. The van der Waals surface area contributed by atoms with E-state index >= 15 is 0 Å². The third kappa shape index (κ3) is 43.5. The lowest BCUT2D eigenvalue weighted by atomic mass is 10.0. The van der Waals surface area contributed by atoms with Crippen molar-refractivity contribution in [2.24, 2.45) is 0 Å². The number of ether oxygens (including phenoxy) is 1. The SMILES string of the molecule is CC/C=C\C/C=C\C/C=C\C/C=C\C/C=C\C/C=C\C(CC(=O)NC(CO)C(O)CCCCCCCCCCCCCCC)OC(=O)CCCCCCC/C=C\CCCCC. The lowest BCUT2D eigenvalue weighted by Gasteiger charge is -2.23. The molecule has 0 radical (unpaired) electrons. The fraction of sp³-hybridized carbons (Fsp3) is 0.709. The molecule has 0 bridgehead atoms. The van der Waals surface area contributed by atoms with E-state index in [2.05, 4.69) is 99.0 Å². The molecule has 350 valence electrons. The highest BCUT2D eigenvalue weighted by Gasteiger charge is 2.23. The highest BCUT2D eigenvalue weighted by molar-refractivity contribution is 5.78. The number of rotatable bonds is 44. The zero-order valence-electron chi connectivity index (χ0n) is 39.8. The van der Waals surface area contributed by atoms with Crippen molar-refractivity contribution in [3.05, 3.63) is 85.1 Å². The Morgan fingerprint density at radius 2 is 0.918 bits per heavy atom. The lowest BCUT2D eigenvalue weighted by Crippen LogP contribution is -2.46. The van der Waals surface area contributed by atoms with Crippen molar-refractivity contribution in [3.8, 4) is 0 Å². The van der Waals surface area contributed by atoms with Crippen LogP contribution in [0.1, 0.15) is 226 Å². The predicted molar refractivity (Wildman–Crippen MR) is 264 cm³/mol. The van der Waals surface area contributed by atoms with Gasteiger partial charge in [-0.05, 0) is 83.1 Å². The number of carbonyl (C=O) groups is 2. The summed E-state index contributed by atoms with van der Waals surface area (Å²) in [6.07, 6.45) is 62.4. The molecule has 3 unspecified atom stereocenters. The van der Waals surface area contributed by atoms with Crippen molar-refractivity contribution in [2.75, 3.05) is 6.61 Å². The molecule has 0 aliphatic carbocycles. The molecule has 3 atom stereocenters. The minimum Gasteiger partial charge on any atom is -0.458 e. The maximum Gasteiger partial charge on any atom is 0.306 e. The zero-order valence-corrected chi connectivity index (χ0v) is 39.8. The molecule has 0 aliphatic heterocycles. The Labute approximate surface area is 376 Å². The zero-order chi connectivity index (χ0) is 44.5. The molecule has 0 fully saturated rings. The monoisotopic (exact) mass is 850 g/mol. The van der Waals surface area contributed by atoms with E-state index in [9.17, 15) is 19.8 Å². The topological polar surface area (TPSA) is 95.9 Å². The van der Waals surface area contributed by atoms with Gasteiger partial charge in [0.2, 0.25) is 5.91 Å². The second-order valence-electron chi connectivity index (χ2n) is 16.8. The molecular weight excluding hydrogens is 755 g/mol. The Balaban J connectivity index is 4.79. The normalized spacial score (nSPS) is 14.0. The van der Waals surface area contributed by atoms with E-state index in [1.165, 1.54) is 96.3 Å². The van der Waals surface area contributed by atoms with E-state index in [0.29, 0.717) is 19.3 Å². The molecule has 0 aliphatic rings. The van der Waals surface area contributed by atoms with E-state index in [1.54, 1.807) is 6.08 Å². The first-order valence-electron chi connectivity index (χ1n) is 25.3. The Kier molecular flexibility index (Phi) is 45.7. The van der Waals surface area contributed by atoms with Gasteiger partial charge in [0.25, 0.3) is 0 Å². The van der Waals surface area contributed by atoms with Crippen LogP contribution in [0.4, 0.5) is 0 Å². The highest BCUT2D eigenvalue weighted by atomic mass is 16.5. The van der Waals surface area contributed by atoms with E-state index in [0.717, 1.165) is 83.5 Å². The van der Waals surface area contributed by atoms with Crippen LogP contribution in [0.5, 0.6) is 0 Å². The van der Waals surface area contributed by atoms with Gasteiger partial charge in [0.05, 0.1) is 25.2 Å². The maximum absolute atomic E-state index is 13.2. The van der Waals surface area contributed by atoms with E-state index < -0.39 is 18.2 Å². The number of unbranched alkanes of at least 4 members (excludes halogenated alkanes) is 20. The van der Waals surface area contributed by atoms with Crippen LogP contribution in [-0.4, -0.2) is 46.9 Å². The summed E-state index contributed by atoms with van der Waals surface area (Å²) in [4.78, 5) is 26.0. The average Bonchev–Trinajstić information content (AvgIpc) is 3.25. The van der Waals surface area contributed by atoms with Gasteiger partial charge in [0.15, 0.2) is 0 Å². The van der Waals surface area contributed by atoms with Gasteiger partial charge in [-0.3, -0.25) is 9.59 Å². The number of allylic oxidation sites excluding steroid dienone is 13. The molecule has 0 heterocycles. The summed E-state index contributed by atoms with van der Waals surface area (Å²) in [6.45, 7) is 6.30. The first-order valence-corrected chi connectivity index (χ1v) is 25.3. The van der Waals surface area contributed by atoms with Crippen LogP contribution in [0.2, 0.25) is 0 Å². The summed E-state index contributed by atoms with van der Waals surface area (Å²) >= 11 is 0. The second-order valence-corrected chi connectivity index (χ2v) is 16.8. The first-order chi connectivity index (χ1) is 30.0. The van der Waals surface area contributed by atoms with Crippen molar-refractivity contribution in [3.63, 3.8) is 0 Å². The summed E-state index contributed by atoms with van der Waals surface area (Å²) in [5.41, 5.74) is 0. The number of hydrogen-bond acceptors (Lipinski definition) is 5. The minimum atomic E-state index is -0.824. The third-order valence-electron chi connectivity index (χ3n) is 11.0. The number of esters is 1. The molecule has 0 aromatic carbocycles. The summed E-state index contributed by atoms with van der Waals surface area (Å²) in [6, 6.07) is -0.747. The molecule has 6 nitrogen and oxygen atoms in total. The maximum atomic E-state index is 13.2. The number of amides is 1. The molecule has 0 aromatic heterocycles. The third-order valence-corrected chi connectivity index (χ3v) is 11.0. The first kappa shape index (κ1) is 58.0. The summed E-state index contributed by atoms with van der Waals surface area (Å²) in [5.74, 6) is -0.645. The molecule has 3 N–H and O–H groups in total. The Morgan fingerprint density at radius 1 is 0.508 bits per heavy atom. The average molecular weight is 850 g/mol. The van der Waals surface area contributed by atoms with Crippen LogP contribution in [-0.2, 0) is 14.3 Å². The van der Waals surface area contributed by atoms with Crippen molar-refractivity contribution in [1.29, 1.82) is 0 Å². The molecule has 0 rings (SSSR count). The molecular formula is C55H95NO5. The fourth-order valence-electron chi connectivity index (χ4n) is 7.13. The molecule has 0 spiro atoms. The number of aliphatic hydroxyl groups excluding tert-OH is 2. The number of carbonyl (C=O) groups excluding carboxylic acids is 2. The molecule has 6 heteroatoms. The summed E-state index contributed by atoms with van der Waals surface area (Å²) in [5, 5.41) is 23.7. The van der Waals surface area contributed by atoms with Crippen LogP contribution in [0.25, 0.3) is 0 Å². The van der Waals surface area contributed by atoms with Crippen molar-refractivity contribution < 1.29 is 24.5 Å². The van der Waals surface area contributed by atoms with Crippen LogP contribution in [0, 0.1) is 0 Å². The van der Waals surface area contributed by atoms with E-state index in [1.807, 2.05) is 6.08 Å². The summed E-state index contributed by atoms with van der Waals surface area (Å²) < 4.78 is 5.81. The number of nitrogens with one attached hydrogen (secondary N) is 1. The van der Waals surface area contributed by atoms with Crippen LogP contribution < -0.4 is 5.32 Å². The van der Waals surface area contributed by atoms with Crippen LogP contribution in [0.15, 0.2) is 85.1 Å². The Morgan fingerprint density at radius 3 is 1.41 bits per heavy atom. The van der Waals surface area contributed by atoms with Crippen LogP contribution in [0.3, 0.4) is 0 Å². The van der Waals surface area contributed by atoms with E-state index in [4.69, 9.17) is 4.74 Å². The number of hydrogen-bond donors (Lipinski definition) is 3. The minimum absolute atomic E-state index is 0.0537. The standard InChI is InChI=1S/C55H95NO5/c1-4-7-10-13-16-19-22-25-26-27-28-30-31-34-37-40-43-46-51(61-55(60)48-45-42-39-36-33-24-21-18-15-12-9-6-3)49-54(59)56-52(50-57)53(58)47-44-41-38-35-32-29-23-20-17-14-11-8-5-2/h7,10,16,18-19,21,25-26,28,30,34,37,43,46,51-53,57-58H,4-6,8-9,11-15,17,20,22-24,27,29,31-33,35-36,38-42,44-45,47-50H2,1-3H3,(H,56,59)/b10-7-,19-16-,21-18-,26-25-,30-28-,37-34-,46-43-. The molecule has 1 amide bonds. The quantitative estimate of drug-likeness (QED) is 0.0322. The van der Waals surface area contributed by atoms with E-state index in [-0.39, 0.29) is 24.9 Å². The van der Waals surface area contributed by atoms with Gasteiger partial charge in [-0.25, -0.2) is 0 Å². The molecule has 0 saturated carbocycles. The number of aliphatic hydroxyl groups is 2. The summed E-state index contributed by atoms with van der Waals surface area (Å²) in [7, 11) is 0. The van der Waals surface area contributed by atoms with Gasteiger partial charge in [-0.15, -0.1) is 0 Å². The van der Waals surface area contributed by atoms with Gasteiger partial charge in [0, 0.05) is 6.42 Å². The lowest BCUT2D eigenvalue weighted by molar-refractivity contribution is -0.148.